The third kappa shape index (κ3) is 33.3. The molecule has 0 aliphatic carbocycles. The van der Waals surface area contributed by atoms with Crippen LogP contribution in [0.1, 0.15) is 194 Å². The molecule has 1 unspecified atom stereocenters. The molecular weight excluding hydrogens is 548 g/mol. The number of carbonyl (C=O) groups excluding carboxylic acids is 2. The molecule has 5 nitrogen and oxygen atoms in total. The van der Waals surface area contributed by atoms with Crippen LogP contribution in [0.4, 0.5) is 0 Å². The standard InChI is InChI=1S/C39H72O5/c1-3-5-7-9-11-13-15-17-19-21-23-25-27-29-31-33-38(41)43-36-37(35-40)44-39(42)34-32-30-28-26-24-22-20-18-16-14-12-10-8-6-4-2/h17-20,37,40H,3-16,21-36H2,1-2H3/b19-17-,20-18-. The Morgan fingerprint density at radius 2 is 0.841 bits per heavy atom. The van der Waals surface area contributed by atoms with Crippen molar-refractivity contribution in [3.05, 3.63) is 24.3 Å². The molecule has 0 aliphatic heterocycles. The fourth-order valence-electron chi connectivity index (χ4n) is 5.31. The zero-order valence-electron chi connectivity index (χ0n) is 29.2. The van der Waals surface area contributed by atoms with E-state index in [0.717, 1.165) is 51.4 Å². The molecule has 258 valence electrons. The van der Waals surface area contributed by atoms with E-state index in [1.807, 2.05) is 0 Å². The number of esters is 2. The SMILES string of the molecule is CCCCCCCC/C=C\CCCCCCCC(=O)OCC(CO)OC(=O)CCCCCCC/C=C\CCCCCCCC. The molecule has 0 bridgehead atoms. The first-order valence-corrected chi connectivity index (χ1v) is 18.9. The highest BCUT2D eigenvalue weighted by Crippen LogP contribution is 2.12. The lowest BCUT2D eigenvalue weighted by atomic mass is 10.1. The summed E-state index contributed by atoms with van der Waals surface area (Å²) in [6.45, 7) is 4.11. The molecule has 0 saturated heterocycles. The number of ether oxygens (including phenoxy) is 2. The van der Waals surface area contributed by atoms with Gasteiger partial charge in [0.05, 0.1) is 6.61 Å². The van der Waals surface area contributed by atoms with Gasteiger partial charge < -0.3 is 14.6 Å². The van der Waals surface area contributed by atoms with Crippen LogP contribution in [0.15, 0.2) is 24.3 Å². The monoisotopic (exact) mass is 621 g/mol. The Morgan fingerprint density at radius 1 is 0.500 bits per heavy atom. The molecule has 0 spiro atoms. The number of hydrogen-bond acceptors (Lipinski definition) is 5. The molecule has 0 aromatic heterocycles. The van der Waals surface area contributed by atoms with Crippen LogP contribution in [0.2, 0.25) is 0 Å². The first kappa shape index (κ1) is 42.4. The average Bonchev–Trinajstić information content (AvgIpc) is 3.02. The topological polar surface area (TPSA) is 72.8 Å². The van der Waals surface area contributed by atoms with Crippen molar-refractivity contribution >= 4 is 11.9 Å². The second kappa shape index (κ2) is 35.9. The summed E-state index contributed by atoms with van der Waals surface area (Å²) < 4.78 is 10.6. The molecule has 0 saturated carbocycles. The van der Waals surface area contributed by atoms with Crippen LogP contribution in [-0.4, -0.2) is 36.4 Å². The summed E-state index contributed by atoms with van der Waals surface area (Å²) in [5, 5.41) is 9.53. The lowest BCUT2D eigenvalue weighted by Gasteiger charge is -2.15. The van der Waals surface area contributed by atoms with E-state index in [0.29, 0.717) is 12.8 Å². The number of hydrogen-bond donors (Lipinski definition) is 1. The van der Waals surface area contributed by atoms with Crippen LogP contribution >= 0.6 is 0 Å². The minimum atomic E-state index is -0.774. The highest BCUT2D eigenvalue weighted by molar-refractivity contribution is 5.70. The van der Waals surface area contributed by atoms with Gasteiger partial charge in [-0.3, -0.25) is 9.59 Å². The van der Waals surface area contributed by atoms with Gasteiger partial charge in [-0.1, -0.05) is 141 Å². The quantitative estimate of drug-likeness (QED) is 0.0440. The first-order valence-electron chi connectivity index (χ1n) is 18.9. The van der Waals surface area contributed by atoms with E-state index < -0.39 is 6.10 Å². The van der Waals surface area contributed by atoms with Crippen LogP contribution in [0.5, 0.6) is 0 Å². The smallest absolute Gasteiger partial charge is 0.306 e. The van der Waals surface area contributed by atoms with Gasteiger partial charge in [0.2, 0.25) is 0 Å². The number of aliphatic hydroxyl groups excluding tert-OH is 1. The highest BCUT2D eigenvalue weighted by Gasteiger charge is 2.16. The van der Waals surface area contributed by atoms with E-state index in [1.165, 1.54) is 116 Å². The minimum absolute atomic E-state index is 0.0709. The molecule has 0 aliphatic rings. The predicted octanol–water partition coefficient (Wildman–Crippen LogP) is 11.5. The van der Waals surface area contributed by atoms with Crippen LogP contribution in [-0.2, 0) is 19.1 Å². The summed E-state index contributed by atoms with van der Waals surface area (Å²) in [5.74, 6) is -0.607. The Labute approximate surface area is 273 Å². The Morgan fingerprint density at radius 3 is 1.23 bits per heavy atom. The van der Waals surface area contributed by atoms with E-state index in [-0.39, 0.29) is 25.2 Å². The van der Waals surface area contributed by atoms with E-state index in [4.69, 9.17) is 9.47 Å². The largest absolute Gasteiger partial charge is 0.462 e. The number of aliphatic hydroxyl groups is 1. The Kier molecular flexibility index (Phi) is 34.5. The van der Waals surface area contributed by atoms with Crippen molar-refractivity contribution in [2.75, 3.05) is 13.2 Å². The van der Waals surface area contributed by atoms with Crippen molar-refractivity contribution in [2.45, 2.75) is 200 Å². The Balaban J connectivity index is 3.58. The molecule has 0 aromatic carbocycles. The molecule has 5 heteroatoms. The maximum Gasteiger partial charge on any atom is 0.306 e. The van der Waals surface area contributed by atoms with Gasteiger partial charge in [0.1, 0.15) is 6.61 Å². The van der Waals surface area contributed by atoms with Crippen LogP contribution in [0, 0.1) is 0 Å². The fourth-order valence-corrected chi connectivity index (χ4v) is 5.31. The Bertz CT molecular complexity index is 671. The van der Waals surface area contributed by atoms with Crippen molar-refractivity contribution in [1.82, 2.24) is 0 Å². The normalized spacial score (nSPS) is 12.3. The number of unbranched alkanes of at least 4 members (excludes halogenated alkanes) is 22. The number of carbonyl (C=O) groups is 2. The number of rotatable bonds is 34. The van der Waals surface area contributed by atoms with E-state index >= 15 is 0 Å². The van der Waals surface area contributed by atoms with Crippen molar-refractivity contribution in [1.29, 1.82) is 0 Å². The molecule has 44 heavy (non-hydrogen) atoms. The van der Waals surface area contributed by atoms with Crippen molar-refractivity contribution < 1.29 is 24.2 Å². The van der Waals surface area contributed by atoms with Gasteiger partial charge in [0, 0.05) is 12.8 Å². The summed E-state index contributed by atoms with van der Waals surface area (Å²) in [5.41, 5.74) is 0. The van der Waals surface area contributed by atoms with Gasteiger partial charge in [-0.25, -0.2) is 0 Å². The van der Waals surface area contributed by atoms with Crippen molar-refractivity contribution in [3.8, 4) is 0 Å². The minimum Gasteiger partial charge on any atom is -0.462 e. The zero-order valence-corrected chi connectivity index (χ0v) is 29.2. The predicted molar refractivity (Wildman–Crippen MR) is 187 cm³/mol. The third-order valence-corrected chi connectivity index (χ3v) is 8.22. The molecule has 0 radical (unpaired) electrons. The summed E-state index contributed by atoms with van der Waals surface area (Å²) >= 11 is 0. The Hall–Kier alpha value is -1.62. The van der Waals surface area contributed by atoms with E-state index in [2.05, 4.69) is 38.2 Å². The van der Waals surface area contributed by atoms with Gasteiger partial charge in [-0.2, -0.15) is 0 Å². The van der Waals surface area contributed by atoms with Crippen molar-refractivity contribution in [2.24, 2.45) is 0 Å². The first-order chi connectivity index (χ1) is 21.6. The summed E-state index contributed by atoms with van der Waals surface area (Å²) in [7, 11) is 0. The summed E-state index contributed by atoms with van der Waals surface area (Å²) in [6.07, 6.45) is 40.9. The third-order valence-electron chi connectivity index (χ3n) is 8.22. The molecule has 1 N–H and O–H groups in total. The average molecular weight is 621 g/mol. The zero-order chi connectivity index (χ0) is 32.2. The lowest BCUT2D eigenvalue weighted by Crippen LogP contribution is -2.28. The fraction of sp³-hybridized carbons (Fsp3) is 0.846. The van der Waals surface area contributed by atoms with Crippen molar-refractivity contribution in [3.63, 3.8) is 0 Å². The van der Waals surface area contributed by atoms with Gasteiger partial charge >= 0.3 is 11.9 Å². The molecule has 0 heterocycles. The van der Waals surface area contributed by atoms with Crippen LogP contribution in [0.25, 0.3) is 0 Å². The van der Waals surface area contributed by atoms with Gasteiger partial charge in [-0.15, -0.1) is 0 Å². The number of allylic oxidation sites excluding steroid dienone is 4. The molecule has 0 rings (SSSR count). The van der Waals surface area contributed by atoms with Gasteiger partial charge in [0.15, 0.2) is 6.10 Å². The molecule has 0 aromatic rings. The van der Waals surface area contributed by atoms with Crippen LogP contribution in [0.3, 0.4) is 0 Å². The lowest BCUT2D eigenvalue weighted by molar-refractivity contribution is -0.161. The van der Waals surface area contributed by atoms with Gasteiger partial charge in [0.25, 0.3) is 0 Å². The second-order valence-corrected chi connectivity index (χ2v) is 12.6. The second-order valence-electron chi connectivity index (χ2n) is 12.6. The van der Waals surface area contributed by atoms with Gasteiger partial charge in [-0.05, 0) is 64.2 Å². The van der Waals surface area contributed by atoms with Crippen LogP contribution < -0.4 is 0 Å². The van der Waals surface area contributed by atoms with E-state index in [1.54, 1.807) is 0 Å². The molecule has 1 atom stereocenters. The summed E-state index contributed by atoms with van der Waals surface area (Å²) in [4.78, 5) is 24.2. The van der Waals surface area contributed by atoms with E-state index in [9.17, 15) is 14.7 Å². The maximum atomic E-state index is 12.1. The molecular formula is C39H72O5. The molecule has 0 amide bonds. The summed E-state index contributed by atoms with van der Waals surface area (Å²) in [6, 6.07) is 0. The highest BCUT2D eigenvalue weighted by atomic mass is 16.6. The maximum absolute atomic E-state index is 12.1. The molecule has 0 fully saturated rings.